The van der Waals surface area contributed by atoms with E-state index in [1.807, 2.05) is 24.3 Å². The minimum Gasteiger partial charge on any atom is -0.377 e. The summed E-state index contributed by atoms with van der Waals surface area (Å²) in [6.07, 6.45) is 4.22. The quantitative estimate of drug-likeness (QED) is 0.728. The number of hydrogen-bond donors (Lipinski definition) is 0. The van der Waals surface area contributed by atoms with Gasteiger partial charge in [0.1, 0.15) is 0 Å². The van der Waals surface area contributed by atoms with Gasteiger partial charge in [0.05, 0.1) is 0 Å². The summed E-state index contributed by atoms with van der Waals surface area (Å²) in [6.45, 7) is 0. The predicted octanol–water partition coefficient (Wildman–Crippen LogP) is 4.58. The van der Waals surface area contributed by atoms with Crippen molar-refractivity contribution in [1.29, 1.82) is 0 Å². The van der Waals surface area contributed by atoms with E-state index in [0.29, 0.717) is 0 Å². The van der Waals surface area contributed by atoms with E-state index in [0.717, 1.165) is 10.6 Å². The van der Waals surface area contributed by atoms with Crippen molar-refractivity contribution >= 4 is 29.4 Å². The van der Waals surface area contributed by atoms with Crippen molar-refractivity contribution in [1.82, 2.24) is 0 Å². The molecular formula is C16H16ClN. The second-order valence-corrected chi connectivity index (χ2v) is 4.77. The van der Waals surface area contributed by atoms with Crippen LogP contribution in [0.15, 0.2) is 48.5 Å². The van der Waals surface area contributed by atoms with Gasteiger partial charge in [0.2, 0.25) is 0 Å². The molecule has 0 aliphatic rings. The molecule has 0 fully saturated rings. The summed E-state index contributed by atoms with van der Waals surface area (Å²) in [4.78, 5) is 2.11. The van der Waals surface area contributed by atoms with Crippen molar-refractivity contribution in [3.63, 3.8) is 0 Å². The van der Waals surface area contributed by atoms with E-state index in [1.54, 1.807) is 0 Å². The van der Waals surface area contributed by atoms with Crippen molar-refractivity contribution in [2.24, 2.45) is 0 Å². The van der Waals surface area contributed by atoms with E-state index in [-0.39, 0.29) is 0 Å². The van der Waals surface area contributed by atoms with Gasteiger partial charge in [-0.25, -0.2) is 0 Å². The molecule has 0 aromatic heterocycles. The molecule has 92 valence electrons. The second kappa shape index (κ2) is 5.74. The molecule has 0 spiro atoms. The molecule has 0 unspecified atom stereocenters. The predicted molar refractivity (Wildman–Crippen MR) is 81.1 cm³/mol. The van der Waals surface area contributed by atoms with Crippen LogP contribution in [0.1, 0.15) is 11.1 Å². The van der Waals surface area contributed by atoms with Crippen molar-refractivity contribution in [2.75, 3.05) is 19.0 Å². The van der Waals surface area contributed by atoms with Crippen LogP contribution in [-0.4, -0.2) is 14.1 Å². The Labute approximate surface area is 113 Å². The molecule has 2 heteroatoms. The first-order valence-corrected chi connectivity index (χ1v) is 6.24. The standard InChI is InChI=1S/C16H16ClN/c1-18(2)16-6-4-3-5-14(16)10-7-13-8-11-15(17)12-9-13/h3-12H,1-2H3. The average Bonchev–Trinajstić information content (AvgIpc) is 2.38. The maximum Gasteiger partial charge on any atom is 0.0434 e. The summed E-state index contributed by atoms with van der Waals surface area (Å²) in [7, 11) is 4.10. The zero-order valence-corrected chi connectivity index (χ0v) is 11.4. The highest BCUT2D eigenvalue weighted by molar-refractivity contribution is 6.30. The summed E-state index contributed by atoms with van der Waals surface area (Å²) >= 11 is 5.86. The van der Waals surface area contributed by atoms with Gasteiger partial charge in [-0.1, -0.05) is 54.1 Å². The van der Waals surface area contributed by atoms with Crippen LogP contribution in [0, 0.1) is 0 Å². The van der Waals surface area contributed by atoms with Crippen LogP contribution in [0.2, 0.25) is 5.02 Å². The third kappa shape index (κ3) is 3.14. The van der Waals surface area contributed by atoms with Gasteiger partial charge in [0.15, 0.2) is 0 Å². The first kappa shape index (κ1) is 12.7. The summed E-state index contributed by atoms with van der Waals surface area (Å²) < 4.78 is 0. The largest absolute Gasteiger partial charge is 0.377 e. The minimum atomic E-state index is 0.765. The van der Waals surface area contributed by atoms with Crippen LogP contribution in [0.3, 0.4) is 0 Å². The van der Waals surface area contributed by atoms with Crippen LogP contribution in [0.4, 0.5) is 5.69 Å². The number of anilines is 1. The van der Waals surface area contributed by atoms with Gasteiger partial charge >= 0.3 is 0 Å². The molecule has 0 aliphatic heterocycles. The molecule has 0 saturated carbocycles. The highest BCUT2D eigenvalue weighted by Crippen LogP contribution is 2.20. The number of rotatable bonds is 3. The Hall–Kier alpha value is -1.73. The fraction of sp³-hybridized carbons (Fsp3) is 0.125. The molecule has 0 amide bonds. The molecule has 0 bridgehead atoms. The van der Waals surface area contributed by atoms with Gasteiger partial charge in [-0.05, 0) is 29.3 Å². The molecule has 2 aromatic rings. The third-order valence-electron chi connectivity index (χ3n) is 2.74. The fourth-order valence-electron chi connectivity index (χ4n) is 1.80. The summed E-state index contributed by atoms with van der Waals surface area (Å²) in [5, 5.41) is 0.765. The molecule has 0 radical (unpaired) electrons. The number of hydrogen-bond acceptors (Lipinski definition) is 1. The highest BCUT2D eigenvalue weighted by Gasteiger charge is 1.99. The lowest BCUT2D eigenvalue weighted by Crippen LogP contribution is -2.09. The number of nitrogens with zero attached hydrogens (tertiary/aromatic N) is 1. The normalized spacial score (nSPS) is 10.8. The minimum absolute atomic E-state index is 0.765. The summed E-state index contributed by atoms with van der Waals surface area (Å²) in [6, 6.07) is 16.2. The van der Waals surface area contributed by atoms with E-state index in [4.69, 9.17) is 11.6 Å². The molecule has 2 aromatic carbocycles. The van der Waals surface area contributed by atoms with Gasteiger partial charge in [0, 0.05) is 24.8 Å². The SMILES string of the molecule is CN(C)c1ccccc1C=Cc1ccc(Cl)cc1. The Bertz CT molecular complexity index is 541. The molecule has 18 heavy (non-hydrogen) atoms. The molecule has 0 heterocycles. The number of halogens is 1. The Morgan fingerprint density at radius 2 is 1.56 bits per heavy atom. The zero-order valence-electron chi connectivity index (χ0n) is 10.6. The fourth-order valence-corrected chi connectivity index (χ4v) is 1.92. The van der Waals surface area contributed by atoms with Crippen LogP contribution in [0.25, 0.3) is 12.2 Å². The maximum absolute atomic E-state index is 5.86. The highest BCUT2D eigenvalue weighted by atomic mass is 35.5. The van der Waals surface area contributed by atoms with Crippen LogP contribution >= 0.6 is 11.6 Å². The van der Waals surface area contributed by atoms with E-state index < -0.39 is 0 Å². The third-order valence-corrected chi connectivity index (χ3v) is 3.00. The van der Waals surface area contributed by atoms with Crippen molar-refractivity contribution in [3.05, 3.63) is 64.7 Å². The molecule has 0 aliphatic carbocycles. The lowest BCUT2D eigenvalue weighted by atomic mass is 10.1. The van der Waals surface area contributed by atoms with E-state index in [1.165, 1.54) is 11.3 Å². The first-order valence-electron chi connectivity index (χ1n) is 5.87. The molecule has 0 atom stereocenters. The van der Waals surface area contributed by atoms with Crippen molar-refractivity contribution in [2.45, 2.75) is 0 Å². The monoisotopic (exact) mass is 257 g/mol. The summed E-state index contributed by atoms with van der Waals surface area (Å²) in [5.41, 5.74) is 3.56. The topological polar surface area (TPSA) is 3.24 Å². The number of benzene rings is 2. The Morgan fingerprint density at radius 1 is 0.889 bits per heavy atom. The van der Waals surface area contributed by atoms with Gasteiger partial charge < -0.3 is 4.90 Å². The average molecular weight is 258 g/mol. The van der Waals surface area contributed by atoms with Crippen LogP contribution in [-0.2, 0) is 0 Å². The summed E-state index contributed by atoms with van der Waals surface area (Å²) in [5.74, 6) is 0. The molecule has 2 rings (SSSR count). The lowest BCUT2D eigenvalue weighted by molar-refractivity contribution is 1.13. The Balaban J connectivity index is 2.26. The maximum atomic E-state index is 5.86. The van der Waals surface area contributed by atoms with Crippen molar-refractivity contribution < 1.29 is 0 Å². The van der Waals surface area contributed by atoms with Crippen LogP contribution in [0.5, 0.6) is 0 Å². The van der Waals surface area contributed by atoms with Crippen molar-refractivity contribution in [3.8, 4) is 0 Å². The first-order chi connectivity index (χ1) is 8.66. The smallest absolute Gasteiger partial charge is 0.0434 e. The number of para-hydroxylation sites is 1. The van der Waals surface area contributed by atoms with E-state index in [2.05, 4.69) is 55.4 Å². The zero-order chi connectivity index (χ0) is 13.0. The van der Waals surface area contributed by atoms with E-state index >= 15 is 0 Å². The van der Waals surface area contributed by atoms with Gasteiger partial charge in [-0.2, -0.15) is 0 Å². The van der Waals surface area contributed by atoms with Gasteiger partial charge in [-0.15, -0.1) is 0 Å². The van der Waals surface area contributed by atoms with E-state index in [9.17, 15) is 0 Å². The molecule has 0 saturated heterocycles. The molecule has 1 nitrogen and oxygen atoms in total. The molecular weight excluding hydrogens is 242 g/mol. The Kier molecular flexibility index (Phi) is 4.06. The Morgan fingerprint density at radius 3 is 2.22 bits per heavy atom. The lowest BCUT2D eigenvalue weighted by Gasteiger charge is -2.15. The molecule has 0 N–H and O–H groups in total. The van der Waals surface area contributed by atoms with Gasteiger partial charge in [0.25, 0.3) is 0 Å². The van der Waals surface area contributed by atoms with Gasteiger partial charge in [-0.3, -0.25) is 0 Å². The van der Waals surface area contributed by atoms with Crippen LogP contribution < -0.4 is 4.90 Å². The second-order valence-electron chi connectivity index (χ2n) is 4.34.